The molecule has 236 valence electrons. The van der Waals surface area contributed by atoms with E-state index < -0.39 is 0 Å². The van der Waals surface area contributed by atoms with Crippen LogP contribution in [0.15, 0.2) is 174 Å². The highest BCUT2D eigenvalue weighted by Gasteiger charge is 2.19. The van der Waals surface area contributed by atoms with Gasteiger partial charge in [0.1, 0.15) is 11.2 Å². The lowest BCUT2D eigenvalue weighted by molar-refractivity contribution is 0.670. The molecular formula is C45H28ClN3O. The number of hydrogen-bond acceptors (Lipinski definition) is 4. The zero-order valence-electron chi connectivity index (χ0n) is 26.8. The van der Waals surface area contributed by atoms with Crippen LogP contribution < -0.4 is 0 Å². The van der Waals surface area contributed by atoms with Gasteiger partial charge in [-0.25, -0.2) is 15.0 Å². The second-order valence-corrected chi connectivity index (χ2v) is 12.6. The van der Waals surface area contributed by atoms with Gasteiger partial charge in [0.2, 0.25) is 0 Å². The van der Waals surface area contributed by atoms with Crippen LogP contribution in [0.1, 0.15) is 0 Å². The van der Waals surface area contributed by atoms with Crippen molar-refractivity contribution in [1.82, 2.24) is 15.0 Å². The molecule has 0 atom stereocenters. The van der Waals surface area contributed by atoms with Crippen LogP contribution in [0, 0.1) is 0 Å². The van der Waals surface area contributed by atoms with E-state index in [2.05, 4.69) is 91.0 Å². The second-order valence-electron chi connectivity index (χ2n) is 12.2. The van der Waals surface area contributed by atoms with E-state index >= 15 is 0 Å². The smallest absolute Gasteiger partial charge is 0.164 e. The highest BCUT2D eigenvalue weighted by molar-refractivity contribution is 6.30. The van der Waals surface area contributed by atoms with Gasteiger partial charge < -0.3 is 4.42 Å². The molecule has 5 heteroatoms. The van der Waals surface area contributed by atoms with Crippen molar-refractivity contribution in [1.29, 1.82) is 0 Å². The summed E-state index contributed by atoms with van der Waals surface area (Å²) in [5.41, 5.74) is 10.9. The van der Waals surface area contributed by atoms with E-state index in [0.29, 0.717) is 22.5 Å². The number of para-hydroxylation sites is 1. The predicted molar refractivity (Wildman–Crippen MR) is 205 cm³/mol. The standard InChI is InChI=1S/C45H28ClN3O/c46-36-24-22-33(23-25-36)44-47-43(32-12-5-2-6-13-32)48-45(49-44)35-15-9-14-34(28-35)37-26-27-39-38-16-7-8-17-40(38)50-42(39)41(37)31-20-18-30(19-21-31)29-10-3-1-4-11-29/h1-28H. The number of benzene rings is 7. The quantitative estimate of drug-likeness (QED) is 0.178. The number of furan rings is 1. The van der Waals surface area contributed by atoms with Crippen molar-refractivity contribution >= 4 is 33.5 Å². The maximum absolute atomic E-state index is 6.63. The lowest BCUT2D eigenvalue weighted by Gasteiger charge is -2.14. The van der Waals surface area contributed by atoms with Crippen molar-refractivity contribution in [3.05, 3.63) is 175 Å². The molecular weight excluding hydrogens is 634 g/mol. The molecule has 0 saturated carbocycles. The van der Waals surface area contributed by atoms with Gasteiger partial charge in [-0.1, -0.05) is 139 Å². The molecule has 0 radical (unpaired) electrons. The van der Waals surface area contributed by atoms with Gasteiger partial charge >= 0.3 is 0 Å². The monoisotopic (exact) mass is 661 g/mol. The highest BCUT2D eigenvalue weighted by atomic mass is 35.5. The first-order valence-corrected chi connectivity index (χ1v) is 16.8. The van der Waals surface area contributed by atoms with Crippen molar-refractivity contribution in [2.45, 2.75) is 0 Å². The summed E-state index contributed by atoms with van der Waals surface area (Å²) in [6, 6.07) is 57.7. The zero-order chi connectivity index (χ0) is 33.4. The van der Waals surface area contributed by atoms with Crippen LogP contribution in [0.25, 0.3) is 89.5 Å². The number of halogens is 1. The molecule has 4 nitrogen and oxygen atoms in total. The summed E-state index contributed by atoms with van der Waals surface area (Å²) in [5, 5.41) is 2.84. The van der Waals surface area contributed by atoms with Crippen molar-refractivity contribution in [2.24, 2.45) is 0 Å². The summed E-state index contributed by atoms with van der Waals surface area (Å²) >= 11 is 6.22. The van der Waals surface area contributed by atoms with Crippen LogP contribution in [0.4, 0.5) is 0 Å². The van der Waals surface area contributed by atoms with Crippen LogP contribution >= 0.6 is 11.6 Å². The van der Waals surface area contributed by atoms with Gasteiger partial charge in [-0.3, -0.25) is 0 Å². The largest absolute Gasteiger partial charge is 0.455 e. The van der Waals surface area contributed by atoms with E-state index in [1.807, 2.05) is 78.9 Å². The van der Waals surface area contributed by atoms with Gasteiger partial charge in [0.05, 0.1) is 0 Å². The summed E-state index contributed by atoms with van der Waals surface area (Å²) in [5.74, 6) is 1.77. The number of nitrogens with zero attached hydrogens (tertiary/aromatic N) is 3. The molecule has 9 aromatic rings. The SMILES string of the molecule is Clc1ccc(-c2nc(-c3ccccc3)nc(-c3cccc(-c4ccc5c(oc6ccccc65)c4-c4ccc(-c5ccccc5)cc4)c3)n2)cc1. The molecule has 0 aliphatic heterocycles. The minimum absolute atomic E-state index is 0.582. The third-order valence-electron chi connectivity index (χ3n) is 9.03. The molecule has 0 bridgehead atoms. The zero-order valence-corrected chi connectivity index (χ0v) is 27.5. The van der Waals surface area contributed by atoms with E-state index in [0.717, 1.165) is 66.4 Å². The molecule has 0 unspecified atom stereocenters. The molecule has 0 N–H and O–H groups in total. The summed E-state index contributed by atoms with van der Waals surface area (Å²) < 4.78 is 6.63. The van der Waals surface area contributed by atoms with E-state index in [9.17, 15) is 0 Å². The normalized spacial score (nSPS) is 11.3. The first-order chi connectivity index (χ1) is 24.7. The first kappa shape index (κ1) is 29.8. The fourth-order valence-corrected chi connectivity index (χ4v) is 6.68. The Morgan fingerprint density at radius 1 is 0.380 bits per heavy atom. The maximum Gasteiger partial charge on any atom is 0.164 e. The summed E-state index contributed by atoms with van der Waals surface area (Å²) in [4.78, 5) is 14.8. The van der Waals surface area contributed by atoms with Gasteiger partial charge in [-0.05, 0) is 70.3 Å². The molecule has 0 saturated heterocycles. The van der Waals surface area contributed by atoms with Gasteiger partial charge in [0.15, 0.2) is 17.5 Å². The summed E-state index contributed by atoms with van der Waals surface area (Å²) in [6.45, 7) is 0. The molecule has 2 aromatic heterocycles. The number of hydrogen-bond donors (Lipinski definition) is 0. The Morgan fingerprint density at radius 3 is 1.62 bits per heavy atom. The number of rotatable bonds is 6. The van der Waals surface area contributed by atoms with E-state index in [4.69, 9.17) is 31.0 Å². The number of aromatic nitrogens is 3. The lowest BCUT2D eigenvalue weighted by Crippen LogP contribution is -2.00. The topological polar surface area (TPSA) is 51.8 Å². The molecule has 0 fully saturated rings. The molecule has 7 aromatic carbocycles. The van der Waals surface area contributed by atoms with Crippen LogP contribution in [0.5, 0.6) is 0 Å². The highest BCUT2D eigenvalue weighted by Crippen LogP contribution is 2.43. The van der Waals surface area contributed by atoms with E-state index in [1.165, 1.54) is 5.56 Å². The van der Waals surface area contributed by atoms with Crippen molar-refractivity contribution < 1.29 is 4.42 Å². The molecule has 0 amide bonds. The van der Waals surface area contributed by atoms with Crippen LogP contribution in [-0.2, 0) is 0 Å². The molecule has 2 heterocycles. The van der Waals surface area contributed by atoms with Crippen LogP contribution in [0.3, 0.4) is 0 Å². The van der Waals surface area contributed by atoms with E-state index in [1.54, 1.807) is 0 Å². The lowest BCUT2D eigenvalue weighted by atomic mass is 9.91. The predicted octanol–water partition coefficient (Wildman–Crippen LogP) is 12.4. The third kappa shape index (κ3) is 5.52. The first-order valence-electron chi connectivity index (χ1n) is 16.5. The average molecular weight is 662 g/mol. The maximum atomic E-state index is 6.63. The summed E-state index contributed by atoms with van der Waals surface area (Å²) in [7, 11) is 0. The Bertz CT molecular complexity index is 2630. The Hall–Kier alpha value is -6.36. The molecule has 9 rings (SSSR count). The molecule has 0 aliphatic rings. The minimum atomic E-state index is 0.582. The number of fused-ring (bicyclic) bond motifs is 3. The average Bonchev–Trinajstić information content (AvgIpc) is 3.57. The fourth-order valence-electron chi connectivity index (χ4n) is 6.55. The Balaban J connectivity index is 1.22. The molecule has 0 spiro atoms. The van der Waals surface area contributed by atoms with Crippen LogP contribution in [0.2, 0.25) is 5.02 Å². The minimum Gasteiger partial charge on any atom is -0.455 e. The van der Waals surface area contributed by atoms with Crippen molar-refractivity contribution in [2.75, 3.05) is 0 Å². The van der Waals surface area contributed by atoms with Crippen LogP contribution in [-0.4, -0.2) is 15.0 Å². The summed E-state index contributed by atoms with van der Waals surface area (Å²) in [6.07, 6.45) is 0. The second kappa shape index (κ2) is 12.6. The molecule has 50 heavy (non-hydrogen) atoms. The molecule has 0 aliphatic carbocycles. The Kier molecular flexibility index (Phi) is 7.49. The van der Waals surface area contributed by atoms with Gasteiger partial charge in [-0.15, -0.1) is 0 Å². The Labute approximate surface area is 294 Å². The van der Waals surface area contributed by atoms with Crippen molar-refractivity contribution in [3.8, 4) is 67.5 Å². The van der Waals surface area contributed by atoms with Gasteiger partial charge in [0, 0.05) is 38.0 Å². The Morgan fingerprint density at radius 2 is 0.900 bits per heavy atom. The van der Waals surface area contributed by atoms with Gasteiger partial charge in [0.25, 0.3) is 0 Å². The fraction of sp³-hybridized carbons (Fsp3) is 0. The van der Waals surface area contributed by atoms with Gasteiger partial charge in [-0.2, -0.15) is 0 Å². The van der Waals surface area contributed by atoms with Crippen molar-refractivity contribution in [3.63, 3.8) is 0 Å². The van der Waals surface area contributed by atoms with E-state index in [-0.39, 0.29) is 0 Å². The third-order valence-corrected chi connectivity index (χ3v) is 9.28.